The highest BCUT2D eigenvalue weighted by molar-refractivity contribution is 5.81. The number of nitrogens with one attached hydrogen (secondary N) is 2. The Labute approximate surface area is 191 Å². The van der Waals surface area contributed by atoms with Gasteiger partial charge in [0.15, 0.2) is 0 Å². The Morgan fingerprint density at radius 1 is 1.15 bits per heavy atom. The molecule has 0 saturated heterocycles. The summed E-state index contributed by atoms with van der Waals surface area (Å²) in [7, 11) is 0. The summed E-state index contributed by atoms with van der Waals surface area (Å²) >= 11 is 0. The van der Waals surface area contributed by atoms with Gasteiger partial charge in [0.05, 0.1) is 23.9 Å². The summed E-state index contributed by atoms with van der Waals surface area (Å²) in [5.74, 6) is 0.603. The molecular formula is C22H20F3N7O2. The van der Waals surface area contributed by atoms with E-state index in [1.54, 1.807) is 30.3 Å². The Balaban J connectivity index is 1.43. The van der Waals surface area contributed by atoms with Crippen LogP contribution in [0.1, 0.15) is 31.7 Å². The molecule has 4 aromatic rings. The zero-order valence-electron chi connectivity index (χ0n) is 17.8. The van der Waals surface area contributed by atoms with Gasteiger partial charge in [0, 0.05) is 23.9 Å². The van der Waals surface area contributed by atoms with Gasteiger partial charge in [-0.1, -0.05) is 0 Å². The first-order chi connectivity index (χ1) is 16.4. The van der Waals surface area contributed by atoms with Crippen LogP contribution in [-0.2, 0) is 0 Å². The fourth-order valence-electron chi connectivity index (χ4n) is 3.62. The van der Waals surface area contributed by atoms with Crippen molar-refractivity contribution in [2.75, 3.05) is 6.61 Å². The third kappa shape index (κ3) is 4.85. The second-order valence-corrected chi connectivity index (χ2v) is 8.04. The molecule has 0 amide bonds. The zero-order chi connectivity index (χ0) is 23.7. The number of ether oxygens (including phenoxy) is 1. The summed E-state index contributed by atoms with van der Waals surface area (Å²) in [5, 5.41) is 18.5. The molecule has 176 valence electrons. The second-order valence-electron chi connectivity index (χ2n) is 8.04. The molecule has 12 heteroatoms. The van der Waals surface area contributed by atoms with Crippen molar-refractivity contribution < 1.29 is 17.9 Å². The number of tetrazole rings is 1. The summed E-state index contributed by atoms with van der Waals surface area (Å²) in [6.07, 6.45) is -1.17. The molecule has 0 unspecified atom stereocenters. The summed E-state index contributed by atoms with van der Waals surface area (Å²) in [5.41, 5.74) is 2.26. The minimum atomic E-state index is -4.20. The highest BCUT2D eigenvalue weighted by Gasteiger charge is 2.27. The molecule has 1 aromatic carbocycles. The van der Waals surface area contributed by atoms with Crippen molar-refractivity contribution in [2.24, 2.45) is 0 Å². The predicted octanol–water partition coefficient (Wildman–Crippen LogP) is 4.14. The third-order valence-electron chi connectivity index (χ3n) is 5.45. The first-order valence-corrected chi connectivity index (χ1v) is 10.7. The standard InChI is InChI=1S/C22H20F3N7O2/c23-22(24,25)9-1-11-34-15-6-2-13(3-7-15)18-12-16(17-8-10-32(29-17)14-4-5-14)19(21(33)26-18)20-27-30-31-28-20/h2-3,6-8,10,12,14H,1,4-5,9,11H2,(H,26,33)(H,27,28,30,31). The molecular weight excluding hydrogens is 451 g/mol. The number of hydrogen-bond donors (Lipinski definition) is 2. The molecule has 1 aliphatic rings. The van der Waals surface area contributed by atoms with Crippen molar-refractivity contribution in [3.8, 4) is 39.7 Å². The molecule has 34 heavy (non-hydrogen) atoms. The van der Waals surface area contributed by atoms with Crippen LogP contribution in [0.3, 0.4) is 0 Å². The van der Waals surface area contributed by atoms with E-state index in [0.717, 1.165) is 12.8 Å². The SMILES string of the molecule is O=c1[nH]c(-c2ccc(OCCCC(F)(F)F)cc2)cc(-c2ccn(C3CC3)n2)c1-c1nn[nH]n1. The number of alkyl halides is 3. The zero-order valence-corrected chi connectivity index (χ0v) is 17.8. The van der Waals surface area contributed by atoms with Gasteiger partial charge in [-0.15, -0.1) is 10.2 Å². The maximum atomic E-state index is 13.1. The molecule has 0 aliphatic heterocycles. The molecule has 1 aliphatic carbocycles. The van der Waals surface area contributed by atoms with Gasteiger partial charge < -0.3 is 9.72 Å². The lowest BCUT2D eigenvalue weighted by atomic mass is 10.0. The van der Waals surface area contributed by atoms with E-state index in [4.69, 9.17) is 4.74 Å². The van der Waals surface area contributed by atoms with Gasteiger partial charge in [0.2, 0.25) is 5.82 Å². The van der Waals surface area contributed by atoms with Gasteiger partial charge in [-0.2, -0.15) is 23.5 Å². The second kappa shape index (κ2) is 8.76. The number of aromatic amines is 2. The normalized spacial score (nSPS) is 13.9. The van der Waals surface area contributed by atoms with Gasteiger partial charge in [0.1, 0.15) is 5.75 Å². The van der Waals surface area contributed by atoms with E-state index < -0.39 is 18.2 Å². The summed E-state index contributed by atoms with van der Waals surface area (Å²) in [6, 6.07) is 10.8. The maximum Gasteiger partial charge on any atom is 0.389 e. The summed E-state index contributed by atoms with van der Waals surface area (Å²) in [6.45, 7) is -0.0388. The summed E-state index contributed by atoms with van der Waals surface area (Å²) in [4.78, 5) is 15.9. The lowest BCUT2D eigenvalue weighted by molar-refractivity contribution is -0.136. The third-order valence-corrected chi connectivity index (χ3v) is 5.45. The summed E-state index contributed by atoms with van der Waals surface area (Å²) < 4.78 is 44.1. The van der Waals surface area contributed by atoms with Gasteiger partial charge in [0.25, 0.3) is 5.56 Å². The van der Waals surface area contributed by atoms with Gasteiger partial charge in [-0.25, -0.2) is 0 Å². The van der Waals surface area contributed by atoms with E-state index >= 15 is 0 Å². The van der Waals surface area contributed by atoms with Gasteiger partial charge in [-0.05, 0) is 66.4 Å². The first-order valence-electron chi connectivity index (χ1n) is 10.7. The van der Waals surface area contributed by atoms with Crippen molar-refractivity contribution in [3.05, 3.63) is 52.9 Å². The van der Waals surface area contributed by atoms with Crippen molar-refractivity contribution >= 4 is 0 Å². The van der Waals surface area contributed by atoms with E-state index in [1.807, 2.05) is 16.9 Å². The van der Waals surface area contributed by atoms with Crippen molar-refractivity contribution in [1.29, 1.82) is 0 Å². The Morgan fingerprint density at radius 2 is 1.94 bits per heavy atom. The maximum absolute atomic E-state index is 13.1. The van der Waals surface area contributed by atoms with Crippen LogP contribution in [0.5, 0.6) is 5.75 Å². The van der Waals surface area contributed by atoms with E-state index in [9.17, 15) is 18.0 Å². The lowest BCUT2D eigenvalue weighted by Crippen LogP contribution is -2.13. The molecule has 0 atom stereocenters. The predicted molar refractivity (Wildman–Crippen MR) is 116 cm³/mol. The highest BCUT2D eigenvalue weighted by Crippen LogP contribution is 2.36. The van der Waals surface area contributed by atoms with E-state index in [1.165, 1.54) is 0 Å². The first kappa shape index (κ1) is 21.9. The number of rotatable bonds is 8. The van der Waals surface area contributed by atoms with E-state index in [0.29, 0.717) is 34.3 Å². The minimum absolute atomic E-state index is 0.0388. The molecule has 0 radical (unpaired) electrons. The Morgan fingerprint density at radius 3 is 2.62 bits per heavy atom. The fourth-order valence-corrected chi connectivity index (χ4v) is 3.62. The smallest absolute Gasteiger partial charge is 0.389 e. The molecule has 1 fully saturated rings. The molecule has 2 N–H and O–H groups in total. The van der Waals surface area contributed by atoms with Crippen LogP contribution in [0.15, 0.2) is 47.4 Å². The number of hydrogen-bond acceptors (Lipinski definition) is 6. The number of halogens is 3. The lowest BCUT2D eigenvalue weighted by Gasteiger charge is -2.10. The fraction of sp³-hybridized carbons (Fsp3) is 0.318. The van der Waals surface area contributed by atoms with Gasteiger partial charge >= 0.3 is 6.18 Å². The number of H-pyrrole nitrogens is 2. The van der Waals surface area contributed by atoms with Crippen LogP contribution in [0.4, 0.5) is 13.2 Å². The van der Waals surface area contributed by atoms with Crippen molar-refractivity contribution in [1.82, 2.24) is 35.4 Å². The molecule has 5 rings (SSSR count). The molecule has 0 spiro atoms. The monoisotopic (exact) mass is 471 g/mol. The Kier molecular flexibility index (Phi) is 5.64. The number of nitrogens with zero attached hydrogens (tertiary/aromatic N) is 5. The van der Waals surface area contributed by atoms with Crippen LogP contribution in [-0.4, -0.2) is 48.2 Å². The van der Waals surface area contributed by atoms with Crippen LogP contribution in [0, 0.1) is 0 Å². The largest absolute Gasteiger partial charge is 0.494 e. The molecule has 0 bridgehead atoms. The van der Waals surface area contributed by atoms with Crippen LogP contribution in [0.2, 0.25) is 0 Å². The van der Waals surface area contributed by atoms with Crippen LogP contribution < -0.4 is 10.3 Å². The van der Waals surface area contributed by atoms with Gasteiger partial charge in [-0.3, -0.25) is 9.48 Å². The molecule has 3 aromatic heterocycles. The average Bonchev–Trinajstić information content (AvgIpc) is 3.30. The van der Waals surface area contributed by atoms with E-state index in [2.05, 4.69) is 30.7 Å². The quantitative estimate of drug-likeness (QED) is 0.373. The van der Waals surface area contributed by atoms with E-state index in [-0.39, 0.29) is 24.4 Å². The molecule has 1 saturated carbocycles. The molecule has 9 nitrogen and oxygen atoms in total. The number of benzene rings is 1. The van der Waals surface area contributed by atoms with Crippen LogP contribution in [0.25, 0.3) is 33.9 Å². The average molecular weight is 471 g/mol. The van der Waals surface area contributed by atoms with Crippen molar-refractivity contribution in [3.63, 3.8) is 0 Å². The number of pyridine rings is 1. The van der Waals surface area contributed by atoms with Crippen molar-refractivity contribution in [2.45, 2.75) is 37.9 Å². The Hall–Kier alpha value is -3.96. The Bertz CT molecular complexity index is 1320. The highest BCUT2D eigenvalue weighted by atomic mass is 19.4. The molecule has 3 heterocycles. The number of aromatic nitrogens is 7. The topological polar surface area (TPSA) is 114 Å². The van der Waals surface area contributed by atoms with Crippen LogP contribution >= 0.6 is 0 Å². The minimum Gasteiger partial charge on any atom is -0.494 e.